The lowest BCUT2D eigenvalue weighted by Gasteiger charge is -2.17. The van der Waals surface area contributed by atoms with Gasteiger partial charge in [0.1, 0.15) is 11.9 Å². The van der Waals surface area contributed by atoms with E-state index < -0.39 is 18.2 Å². The number of rotatable bonds is 13. The van der Waals surface area contributed by atoms with Gasteiger partial charge in [0.15, 0.2) is 0 Å². The van der Waals surface area contributed by atoms with Crippen LogP contribution in [0.2, 0.25) is 0 Å². The summed E-state index contributed by atoms with van der Waals surface area (Å²) in [5, 5.41) is 27.8. The van der Waals surface area contributed by atoms with Gasteiger partial charge >= 0.3 is 5.97 Å². The standard InChI is InChI=1S/C20H32O6/c1-2-3-6-9-15(26-25)12-13-17-16(18(21)14-19(17)22)10-7-4-5-8-11-20(23)24/h4,7,12-13,15-17,19,22,25H,2-3,5-6,8-11,14H2,1H3,(H,23,24)/b7-4-,13-12+/t15-,16+,17+,19+/m0/s1. The molecule has 3 N–H and O–H groups in total. The van der Waals surface area contributed by atoms with Crippen LogP contribution in [0.25, 0.3) is 0 Å². The van der Waals surface area contributed by atoms with E-state index >= 15 is 0 Å². The number of carbonyl (C=O) groups is 2. The Bertz CT molecular complexity index is 485. The number of aliphatic hydroxyl groups is 1. The van der Waals surface area contributed by atoms with Gasteiger partial charge in [-0.3, -0.25) is 14.8 Å². The van der Waals surface area contributed by atoms with Gasteiger partial charge in [-0.15, -0.1) is 0 Å². The maximum atomic E-state index is 12.1. The largest absolute Gasteiger partial charge is 0.481 e. The highest BCUT2D eigenvalue weighted by molar-refractivity contribution is 5.84. The fraction of sp³-hybridized carbons (Fsp3) is 0.700. The van der Waals surface area contributed by atoms with Crippen LogP contribution in [0, 0.1) is 11.8 Å². The first-order valence-electron chi connectivity index (χ1n) is 9.55. The highest BCUT2D eigenvalue weighted by atomic mass is 17.1. The predicted octanol–water partition coefficient (Wildman–Crippen LogP) is 3.75. The summed E-state index contributed by atoms with van der Waals surface area (Å²) in [5.74, 6) is -1.34. The van der Waals surface area contributed by atoms with E-state index in [1.54, 1.807) is 12.2 Å². The average molecular weight is 368 g/mol. The Morgan fingerprint density at radius 1 is 1.31 bits per heavy atom. The van der Waals surface area contributed by atoms with Gasteiger partial charge in [-0.25, -0.2) is 4.89 Å². The number of carbonyl (C=O) groups excluding carboxylic acids is 1. The van der Waals surface area contributed by atoms with Gasteiger partial charge in [0.2, 0.25) is 0 Å². The summed E-state index contributed by atoms with van der Waals surface area (Å²) >= 11 is 0. The molecule has 0 heterocycles. The number of allylic oxidation sites excluding steroid dienone is 2. The van der Waals surface area contributed by atoms with E-state index in [1.165, 1.54) is 0 Å². The molecule has 1 saturated carbocycles. The molecule has 1 rings (SSSR count). The summed E-state index contributed by atoms with van der Waals surface area (Å²) in [4.78, 5) is 27.1. The first kappa shape index (κ1) is 22.5. The quantitative estimate of drug-likeness (QED) is 0.198. The summed E-state index contributed by atoms with van der Waals surface area (Å²) in [6.45, 7) is 2.10. The van der Waals surface area contributed by atoms with Crippen molar-refractivity contribution in [3.8, 4) is 0 Å². The van der Waals surface area contributed by atoms with E-state index in [4.69, 9.17) is 10.4 Å². The molecule has 0 aromatic carbocycles. The molecule has 0 spiro atoms. The van der Waals surface area contributed by atoms with Gasteiger partial charge in [-0.1, -0.05) is 50.5 Å². The molecule has 0 saturated heterocycles. The van der Waals surface area contributed by atoms with Gasteiger partial charge < -0.3 is 10.2 Å². The molecule has 1 aliphatic carbocycles. The molecule has 1 aliphatic rings. The normalized spacial score (nSPS) is 24.7. The number of ketones is 1. The molecular formula is C20H32O6. The molecule has 0 radical (unpaired) electrons. The molecule has 0 aromatic rings. The van der Waals surface area contributed by atoms with E-state index in [0.717, 1.165) is 19.3 Å². The van der Waals surface area contributed by atoms with E-state index in [2.05, 4.69) is 11.8 Å². The van der Waals surface area contributed by atoms with Gasteiger partial charge in [-0.05, 0) is 25.7 Å². The molecule has 0 unspecified atom stereocenters. The van der Waals surface area contributed by atoms with Crippen LogP contribution in [0.4, 0.5) is 0 Å². The average Bonchev–Trinajstić information content (AvgIpc) is 2.87. The summed E-state index contributed by atoms with van der Waals surface area (Å²) in [7, 11) is 0. The van der Waals surface area contributed by atoms with Crippen molar-refractivity contribution >= 4 is 11.8 Å². The summed E-state index contributed by atoms with van der Waals surface area (Å²) < 4.78 is 0. The molecular weight excluding hydrogens is 336 g/mol. The molecule has 0 amide bonds. The molecule has 0 aliphatic heterocycles. The number of aliphatic carboxylic acids is 1. The third kappa shape index (κ3) is 8.25. The van der Waals surface area contributed by atoms with Crippen LogP contribution in [0.5, 0.6) is 0 Å². The molecule has 0 bridgehead atoms. The third-order valence-corrected chi connectivity index (χ3v) is 4.83. The number of carboxylic acids is 1. The van der Waals surface area contributed by atoms with Crippen LogP contribution in [0.15, 0.2) is 24.3 Å². The zero-order valence-electron chi connectivity index (χ0n) is 15.5. The minimum absolute atomic E-state index is 0.0368. The Morgan fingerprint density at radius 2 is 2.08 bits per heavy atom. The minimum Gasteiger partial charge on any atom is -0.481 e. The lowest BCUT2D eigenvalue weighted by atomic mass is 9.90. The Labute approximate surface area is 155 Å². The first-order chi connectivity index (χ1) is 12.5. The van der Waals surface area contributed by atoms with E-state index in [0.29, 0.717) is 25.7 Å². The van der Waals surface area contributed by atoms with Crippen molar-refractivity contribution in [1.29, 1.82) is 0 Å². The van der Waals surface area contributed by atoms with Crippen molar-refractivity contribution in [2.24, 2.45) is 11.8 Å². The van der Waals surface area contributed by atoms with E-state index in [-0.39, 0.29) is 30.5 Å². The summed E-state index contributed by atoms with van der Waals surface area (Å²) in [6, 6.07) is 0. The fourth-order valence-electron chi connectivity index (χ4n) is 3.29. The Morgan fingerprint density at radius 3 is 2.73 bits per heavy atom. The lowest BCUT2D eigenvalue weighted by molar-refractivity contribution is -0.267. The highest BCUT2D eigenvalue weighted by Gasteiger charge is 2.39. The first-order valence-corrected chi connectivity index (χ1v) is 9.55. The van der Waals surface area contributed by atoms with Crippen LogP contribution < -0.4 is 0 Å². The number of unbranched alkanes of at least 4 members (excludes halogenated alkanes) is 3. The zero-order chi connectivity index (χ0) is 19.4. The van der Waals surface area contributed by atoms with Crippen molar-refractivity contribution in [3.63, 3.8) is 0 Å². The summed E-state index contributed by atoms with van der Waals surface area (Å²) in [5.41, 5.74) is 0. The fourth-order valence-corrected chi connectivity index (χ4v) is 3.29. The van der Waals surface area contributed by atoms with Gasteiger partial charge in [0.05, 0.1) is 6.10 Å². The number of aliphatic hydroxyl groups excluding tert-OH is 1. The number of Topliss-reactive ketones (excluding diaryl/α,β-unsaturated/α-hetero) is 1. The highest BCUT2D eigenvalue weighted by Crippen LogP contribution is 2.33. The van der Waals surface area contributed by atoms with Crippen LogP contribution in [-0.2, 0) is 14.5 Å². The third-order valence-electron chi connectivity index (χ3n) is 4.83. The molecule has 148 valence electrons. The van der Waals surface area contributed by atoms with Gasteiger partial charge in [-0.2, -0.15) is 0 Å². The molecule has 0 aromatic heterocycles. The number of hydrogen-bond acceptors (Lipinski definition) is 5. The van der Waals surface area contributed by atoms with Crippen LogP contribution in [0.1, 0.15) is 64.7 Å². The maximum Gasteiger partial charge on any atom is 0.303 e. The topological polar surface area (TPSA) is 104 Å². The van der Waals surface area contributed by atoms with Gasteiger partial charge in [0.25, 0.3) is 0 Å². The number of carboxylic acid groups (broad SMARTS) is 1. The monoisotopic (exact) mass is 368 g/mol. The van der Waals surface area contributed by atoms with Crippen molar-refractivity contribution in [2.45, 2.75) is 76.9 Å². The molecule has 6 heteroatoms. The van der Waals surface area contributed by atoms with Crippen LogP contribution >= 0.6 is 0 Å². The van der Waals surface area contributed by atoms with E-state index in [1.807, 2.05) is 12.2 Å². The zero-order valence-corrected chi connectivity index (χ0v) is 15.5. The van der Waals surface area contributed by atoms with Crippen molar-refractivity contribution < 1.29 is 29.9 Å². The molecule has 26 heavy (non-hydrogen) atoms. The molecule has 6 nitrogen and oxygen atoms in total. The summed E-state index contributed by atoms with van der Waals surface area (Å²) in [6.07, 6.45) is 12.0. The Hall–Kier alpha value is -1.50. The van der Waals surface area contributed by atoms with E-state index in [9.17, 15) is 14.7 Å². The minimum atomic E-state index is -0.808. The molecule has 1 fully saturated rings. The predicted molar refractivity (Wildman–Crippen MR) is 98.6 cm³/mol. The molecule has 4 atom stereocenters. The second kappa shape index (κ2) is 12.8. The van der Waals surface area contributed by atoms with Crippen molar-refractivity contribution in [1.82, 2.24) is 0 Å². The van der Waals surface area contributed by atoms with Gasteiger partial charge in [0, 0.05) is 24.7 Å². The maximum absolute atomic E-state index is 12.1. The Balaban J connectivity index is 2.54. The van der Waals surface area contributed by atoms with Crippen LogP contribution in [-0.4, -0.2) is 39.4 Å². The SMILES string of the molecule is CCCCC[C@@H](/C=C/[C@H]1[C@H](O)CC(=O)[C@@H]1C/C=C\CCCC(=O)O)OO. The van der Waals surface area contributed by atoms with Crippen molar-refractivity contribution in [3.05, 3.63) is 24.3 Å². The van der Waals surface area contributed by atoms with Crippen LogP contribution in [0.3, 0.4) is 0 Å². The second-order valence-electron chi connectivity index (χ2n) is 6.94. The Kier molecular flexibility index (Phi) is 11.1. The number of hydrogen-bond donors (Lipinski definition) is 3. The smallest absolute Gasteiger partial charge is 0.303 e. The van der Waals surface area contributed by atoms with Crippen molar-refractivity contribution in [2.75, 3.05) is 0 Å². The second-order valence-corrected chi connectivity index (χ2v) is 6.94. The lowest BCUT2D eigenvalue weighted by Crippen LogP contribution is -2.19.